The monoisotopic (exact) mass is 299 g/mol. The van der Waals surface area contributed by atoms with E-state index in [0.29, 0.717) is 11.3 Å². The lowest BCUT2D eigenvalue weighted by molar-refractivity contribution is -0.130. The molecule has 0 aliphatic carbocycles. The Labute approximate surface area is 131 Å². The first-order valence-corrected chi connectivity index (χ1v) is 7.15. The molecular weight excluding hydrogens is 278 g/mol. The van der Waals surface area contributed by atoms with E-state index in [0.717, 1.165) is 11.3 Å². The topological polar surface area (TPSA) is 47.6 Å². The van der Waals surface area contributed by atoms with E-state index in [1.165, 1.54) is 12.7 Å². The molecule has 2 rings (SSSR count). The number of methoxy groups -OCH3 is 1. The fourth-order valence-electron chi connectivity index (χ4n) is 2.20. The Morgan fingerprint density at radius 1 is 1.09 bits per heavy atom. The molecule has 0 spiro atoms. The third-order valence-electron chi connectivity index (χ3n) is 3.63. The average molecular weight is 299 g/mol. The fraction of sp³-hybridized carbons (Fsp3) is 0.278. The zero-order valence-electron chi connectivity index (χ0n) is 13.3. The van der Waals surface area contributed by atoms with Crippen molar-refractivity contribution in [2.24, 2.45) is 0 Å². The Kier molecular flexibility index (Phi) is 5.17. The van der Waals surface area contributed by atoms with E-state index < -0.39 is 6.10 Å². The minimum atomic E-state index is -0.701. The van der Waals surface area contributed by atoms with Gasteiger partial charge in [0.2, 0.25) is 0 Å². The van der Waals surface area contributed by atoms with Gasteiger partial charge in [-0.2, -0.15) is 0 Å². The van der Waals surface area contributed by atoms with Gasteiger partial charge >= 0.3 is 0 Å². The molecule has 0 saturated heterocycles. The Morgan fingerprint density at radius 2 is 1.82 bits per heavy atom. The normalized spacial score (nSPS) is 11.8. The summed E-state index contributed by atoms with van der Waals surface area (Å²) in [5.41, 5.74) is 3.06. The Balaban J connectivity index is 2.35. The molecule has 0 aromatic heterocycles. The molecule has 4 nitrogen and oxygen atoms in total. The fourth-order valence-corrected chi connectivity index (χ4v) is 2.20. The van der Waals surface area contributed by atoms with Crippen molar-refractivity contribution in [3.63, 3.8) is 0 Å². The van der Waals surface area contributed by atoms with E-state index in [1.807, 2.05) is 49.4 Å². The maximum atomic E-state index is 12.0. The van der Waals surface area contributed by atoms with Crippen LogP contribution in [0.5, 0.6) is 11.5 Å². The van der Waals surface area contributed by atoms with Gasteiger partial charge in [0.25, 0.3) is 5.91 Å². The lowest BCUT2D eigenvalue weighted by Gasteiger charge is -2.18. The highest BCUT2D eigenvalue weighted by Crippen LogP contribution is 2.31. The smallest absolute Gasteiger partial charge is 0.253 e. The lowest BCUT2D eigenvalue weighted by Crippen LogP contribution is -2.27. The summed E-state index contributed by atoms with van der Waals surface area (Å²) < 4.78 is 11.3. The van der Waals surface area contributed by atoms with Crippen LogP contribution in [0, 0.1) is 13.8 Å². The maximum absolute atomic E-state index is 12.0. The second-order valence-corrected chi connectivity index (χ2v) is 5.12. The van der Waals surface area contributed by atoms with Crippen LogP contribution in [0.25, 0.3) is 0 Å². The highest BCUT2D eigenvalue weighted by Gasteiger charge is 2.22. The van der Waals surface area contributed by atoms with Crippen molar-refractivity contribution in [1.29, 1.82) is 0 Å². The number of ether oxygens (including phenoxy) is 2. The van der Waals surface area contributed by atoms with Gasteiger partial charge < -0.3 is 14.8 Å². The number of carbonyl (C=O) groups excluding carboxylic acids is 1. The average Bonchev–Trinajstić information content (AvgIpc) is 2.53. The molecule has 22 heavy (non-hydrogen) atoms. The van der Waals surface area contributed by atoms with Crippen LogP contribution in [0.2, 0.25) is 0 Å². The summed E-state index contributed by atoms with van der Waals surface area (Å²) in [4.78, 5) is 12.0. The van der Waals surface area contributed by atoms with Crippen molar-refractivity contribution in [3.8, 4) is 11.5 Å². The van der Waals surface area contributed by atoms with Gasteiger partial charge in [-0.25, -0.2) is 0 Å². The van der Waals surface area contributed by atoms with Gasteiger partial charge in [-0.3, -0.25) is 4.79 Å². The van der Waals surface area contributed by atoms with Crippen molar-refractivity contribution >= 4 is 5.91 Å². The number of carbonyl (C=O) groups is 1. The van der Waals surface area contributed by atoms with Crippen molar-refractivity contribution in [2.75, 3.05) is 14.2 Å². The Hall–Kier alpha value is -2.33. The predicted molar refractivity (Wildman–Crippen MR) is 86.2 cm³/mol. The van der Waals surface area contributed by atoms with Gasteiger partial charge in [0, 0.05) is 19.7 Å². The molecule has 1 N–H and O–H groups in total. The number of hydrogen-bond donors (Lipinski definition) is 1. The van der Waals surface area contributed by atoms with Gasteiger partial charge in [0.1, 0.15) is 11.5 Å². The summed E-state index contributed by atoms with van der Waals surface area (Å²) in [5.74, 6) is 1.14. The van der Waals surface area contributed by atoms with Crippen LogP contribution < -0.4 is 10.1 Å². The molecule has 0 bridgehead atoms. The number of aryl methyl sites for hydroxylation is 2. The molecule has 4 heteroatoms. The molecule has 1 amide bonds. The number of likely N-dealkylation sites (N-methyl/N-ethyl adjacent to an activating group) is 1. The van der Waals surface area contributed by atoms with Crippen LogP contribution in [0.3, 0.4) is 0 Å². The number of nitrogens with one attached hydrogen (secondary N) is 1. The number of benzene rings is 2. The Bertz CT molecular complexity index is 667. The van der Waals surface area contributed by atoms with E-state index in [2.05, 4.69) is 12.2 Å². The van der Waals surface area contributed by atoms with Crippen LogP contribution in [0.15, 0.2) is 42.5 Å². The standard InChI is InChI=1S/C18H21NO3/c1-12-9-10-14(11-13(12)2)22-16-8-6-5-7-15(16)17(21-4)18(20)19-3/h5-11,17H,1-4H3,(H,19,20). The van der Waals surface area contributed by atoms with Gasteiger partial charge in [-0.1, -0.05) is 24.3 Å². The predicted octanol–water partition coefficient (Wildman–Crippen LogP) is 3.53. The molecule has 1 unspecified atom stereocenters. The summed E-state index contributed by atoms with van der Waals surface area (Å²) in [7, 11) is 3.09. The molecule has 0 aliphatic rings. The van der Waals surface area contributed by atoms with E-state index in [1.54, 1.807) is 7.05 Å². The number of amides is 1. The largest absolute Gasteiger partial charge is 0.457 e. The quantitative estimate of drug-likeness (QED) is 0.918. The zero-order chi connectivity index (χ0) is 16.1. The summed E-state index contributed by atoms with van der Waals surface area (Å²) in [6.07, 6.45) is -0.701. The lowest BCUT2D eigenvalue weighted by atomic mass is 10.1. The minimum absolute atomic E-state index is 0.210. The van der Waals surface area contributed by atoms with Crippen molar-refractivity contribution in [3.05, 3.63) is 59.2 Å². The Morgan fingerprint density at radius 3 is 2.45 bits per heavy atom. The molecule has 2 aromatic carbocycles. The van der Waals surface area contributed by atoms with Crippen LogP contribution in [-0.2, 0) is 9.53 Å². The van der Waals surface area contributed by atoms with Crippen molar-refractivity contribution in [2.45, 2.75) is 20.0 Å². The molecule has 116 valence electrons. The van der Waals surface area contributed by atoms with Crippen LogP contribution >= 0.6 is 0 Å². The van der Waals surface area contributed by atoms with Gasteiger partial charge in [-0.05, 0) is 43.2 Å². The van der Waals surface area contributed by atoms with Crippen LogP contribution in [-0.4, -0.2) is 20.1 Å². The van der Waals surface area contributed by atoms with Gasteiger partial charge in [0.15, 0.2) is 6.10 Å². The summed E-state index contributed by atoms with van der Waals surface area (Å²) >= 11 is 0. The van der Waals surface area contributed by atoms with E-state index in [-0.39, 0.29) is 5.91 Å². The SMILES string of the molecule is CNC(=O)C(OC)c1ccccc1Oc1ccc(C)c(C)c1. The zero-order valence-corrected chi connectivity index (χ0v) is 13.3. The molecule has 0 fully saturated rings. The van der Waals surface area contributed by atoms with E-state index >= 15 is 0 Å². The molecule has 0 saturated carbocycles. The second kappa shape index (κ2) is 7.09. The number of rotatable bonds is 5. The highest BCUT2D eigenvalue weighted by atomic mass is 16.5. The van der Waals surface area contributed by atoms with Gasteiger partial charge in [-0.15, -0.1) is 0 Å². The summed E-state index contributed by atoms with van der Waals surface area (Å²) in [5, 5.41) is 2.60. The first-order valence-electron chi connectivity index (χ1n) is 7.15. The molecule has 0 aliphatic heterocycles. The molecule has 0 radical (unpaired) electrons. The third kappa shape index (κ3) is 3.46. The molecule has 2 aromatic rings. The van der Waals surface area contributed by atoms with Crippen LogP contribution in [0.1, 0.15) is 22.8 Å². The van der Waals surface area contributed by atoms with Crippen molar-refractivity contribution < 1.29 is 14.3 Å². The number of para-hydroxylation sites is 1. The first kappa shape index (κ1) is 16.0. The summed E-state index contributed by atoms with van der Waals surface area (Å²) in [6.45, 7) is 4.09. The molecule has 1 atom stereocenters. The van der Waals surface area contributed by atoms with Gasteiger partial charge in [0.05, 0.1) is 0 Å². The maximum Gasteiger partial charge on any atom is 0.253 e. The van der Waals surface area contributed by atoms with E-state index in [9.17, 15) is 4.79 Å². The molecular formula is C18H21NO3. The highest BCUT2D eigenvalue weighted by molar-refractivity contribution is 5.82. The first-order chi connectivity index (χ1) is 10.6. The number of hydrogen-bond acceptors (Lipinski definition) is 3. The molecule has 0 heterocycles. The minimum Gasteiger partial charge on any atom is -0.457 e. The second-order valence-electron chi connectivity index (χ2n) is 5.12. The van der Waals surface area contributed by atoms with Crippen LogP contribution in [0.4, 0.5) is 0 Å². The van der Waals surface area contributed by atoms with E-state index in [4.69, 9.17) is 9.47 Å². The van der Waals surface area contributed by atoms with Crippen molar-refractivity contribution in [1.82, 2.24) is 5.32 Å². The summed E-state index contributed by atoms with van der Waals surface area (Å²) in [6, 6.07) is 13.3. The third-order valence-corrected chi connectivity index (χ3v) is 3.63.